The van der Waals surface area contributed by atoms with Crippen LogP contribution in [0.1, 0.15) is 17.2 Å². The topological polar surface area (TPSA) is 55.9 Å². The molecule has 1 atom stereocenters. The highest BCUT2D eigenvalue weighted by molar-refractivity contribution is 9.10. The molecule has 18 heavy (non-hydrogen) atoms. The number of hydrazine groups is 1. The number of hydrogen-bond acceptors (Lipinski definition) is 3. The Morgan fingerprint density at radius 1 is 1.56 bits per heavy atom. The zero-order chi connectivity index (χ0) is 13.1. The van der Waals surface area contributed by atoms with Crippen LogP contribution < -0.4 is 11.3 Å². The van der Waals surface area contributed by atoms with Crippen molar-refractivity contribution in [2.75, 3.05) is 0 Å². The highest BCUT2D eigenvalue weighted by Crippen LogP contribution is 2.28. The molecular formula is C12H14BrFN4. The molecule has 3 N–H and O–H groups in total. The van der Waals surface area contributed by atoms with E-state index in [0.717, 1.165) is 5.56 Å². The number of nitrogens with zero attached hydrogens (tertiary/aromatic N) is 2. The van der Waals surface area contributed by atoms with Gasteiger partial charge < -0.3 is 0 Å². The van der Waals surface area contributed by atoms with Crippen LogP contribution in [0.25, 0.3) is 0 Å². The van der Waals surface area contributed by atoms with Crippen LogP contribution in [-0.2, 0) is 13.5 Å². The molecule has 0 fully saturated rings. The molecule has 1 aromatic heterocycles. The Hall–Kier alpha value is -1.24. The summed E-state index contributed by atoms with van der Waals surface area (Å²) in [6.45, 7) is 0. The minimum absolute atomic E-state index is 0.281. The van der Waals surface area contributed by atoms with Gasteiger partial charge in [-0.2, -0.15) is 5.10 Å². The lowest BCUT2D eigenvalue weighted by Crippen LogP contribution is -2.30. The summed E-state index contributed by atoms with van der Waals surface area (Å²) in [7, 11) is 1.84. The number of nitrogens with one attached hydrogen (secondary N) is 1. The quantitative estimate of drug-likeness (QED) is 0.671. The maximum absolute atomic E-state index is 13.8. The summed E-state index contributed by atoms with van der Waals surface area (Å²) < 4.78 is 16.3. The van der Waals surface area contributed by atoms with Gasteiger partial charge in [0.1, 0.15) is 5.82 Å². The average Bonchev–Trinajstić information content (AvgIpc) is 2.73. The molecule has 6 heteroatoms. The summed E-state index contributed by atoms with van der Waals surface area (Å²) in [6.07, 6.45) is 4.21. The van der Waals surface area contributed by atoms with Gasteiger partial charge in [-0.1, -0.05) is 22.0 Å². The Morgan fingerprint density at radius 3 is 2.89 bits per heavy atom. The molecule has 0 radical (unpaired) electrons. The highest BCUT2D eigenvalue weighted by atomic mass is 79.9. The lowest BCUT2D eigenvalue weighted by atomic mass is 10.0. The molecule has 0 saturated heterocycles. The van der Waals surface area contributed by atoms with E-state index in [4.69, 9.17) is 5.84 Å². The highest BCUT2D eigenvalue weighted by Gasteiger charge is 2.18. The maximum Gasteiger partial charge on any atom is 0.129 e. The number of nitrogens with two attached hydrogens (primary N) is 1. The first-order valence-electron chi connectivity index (χ1n) is 5.49. The molecule has 96 valence electrons. The molecule has 1 aromatic carbocycles. The molecule has 1 heterocycles. The summed E-state index contributed by atoms with van der Waals surface area (Å²) in [5, 5.41) is 4.09. The van der Waals surface area contributed by atoms with Gasteiger partial charge >= 0.3 is 0 Å². The number of rotatable bonds is 4. The van der Waals surface area contributed by atoms with Crippen molar-refractivity contribution in [2.24, 2.45) is 12.9 Å². The van der Waals surface area contributed by atoms with Crippen molar-refractivity contribution in [3.8, 4) is 0 Å². The van der Waals surface area contributed by atoms with Crippen molar-refractivity contribution in [2.45, 2.75) is 12.5 Å². The van der Waals surface area contributed by atoms with E-state index in [9.17, 15) is 4.39 Å². The van der Waals surface area contributed by atoms with Gasteiger partial charge in [0.15, 0.2) is 0 Å². The molecule has 0 saturated carbocycles. The third kappa shape index (κ3) is 2.77. The zero-order valence-electron chi connectivity index (χ0n) is 9.90. The van der Waals surface area contributed by atoms with Gasteiger partial charge in [-0.25, -0.2) is 4.39 Å². The Labute approximate surface area is 113 Å². The van der Waals surface area contributed by atoms with E-state index in [0.29, 0.717) is 16.5 Å². The first kappa shape index (κ1) is 13.2. The zero-order valence-corrected chi connectivity index (χ0v) is 11.5. The fourth-order valence-electron chi connectivity index (χ4n) is 1.90. The first-order chi connectivity index (χ1) is 8.61. The monoisotopic (exact) mass is 312 g/mol. The predicted molar refractivity (Wildman–Crippen MR) is 71.1 cm³/mol. The molecular weight excluding hydrogens is 299 g/mol. The smallest absolute Gasteiger partial charge is 0.129 e. The van der Waals surface area contributed by atoms with Crippen LogP contribution in [0.3, 0.4) is 0 Å². The summed E-state index contributed by atoms with van der Waals surface area (Å²) in [6, 6.07) is 4.57. The molecule has 0 amide bonds. The molecule has 0 aliphatic carbocycles. The van der Waals surface area contributed by atoms with E-state index >= 15 is 0 Å². The van der Waals surface area contributed by atoms with E-state index in [2.05, 4.69) is 26.5 Å². The predicted octanol–water partition coefficient (Wildman–Crippen LogP) is 2.07. The molecule has 2 aromatic rings. The van der Waals surface area contributed by atoms with Gasteiger partial charge in [-0.15, -0.1) is 0 Å². The summed E-state index contributed by atoms with van der Waals surface area (Å²) >= 11 is 3.35. The SMILES string of the molecule is Cn1cc(CC(NN)c2c(F)cccc2Br)cn1. The van der Waals surface area contributed by atoms with Crippen LogP contribution in [0, 0.1) is 5.82 Å². The Balaban J connectivity index is 2.28. The van der Waals surface area contributed by atoms with Crippen molar-refractivity contribution in [1.29, 1.82) is 0 Å². The van der Waals surface area contributed by atoms with Gasteiger partial charge in [-0.05, 0) is 24.1 Å². The molecule has 0 bridgehead atoms. The summed E-state index contributed by atoms with van der Waals surface area (Å²) in [5.41, 5.74) is 4.18. The van der Waals surface area contributed by atoms with Crippen LogP contribution in [0.15, 0.2) is 35.1 Å². The molecule has 0 aliphatic rings. The number of halogens is 2. The van der Waals surface area contributed by atoms with Gasteiger partial charge in [-0.3, -0.25) is 16.0 Å². The molecule has 2 rings (SSSR count). The standard InChI is InChI=1S/C12H14BrFN4/c1-18-7-8(6-16-18)5-11(17-15)12-9(13)3-2-4-10(12)14/h2-4,6-7,11,17H,5,15H2,1H3. The third-order valence-corrected chi connectivity index (χ3v) is 3.44. The van der Waals surface area contributed by atoms with Crippen LogP contribution >= 0.6 is 15.9 Å². The second-order valence-corrected chi connectivity index (χ2v) is 4.94. The molecule has 0 spiro atoms. The van der Waals surface area contributed by atoms with Crippen molar-refractivity contribution in [1.82, 2.24) is 15.2 Å². The Bertz CT molecular complexity index is 520. The summed E-state index contributed by atoms with van der Waals surface area (Å²) in [4.78, 5) is 0. The number of aryl methyl sites for hydroxylation is 1. The van der Waals surface area contributed by atoms with Crippen LogP contribution in [-0.4, -0.2) is 9.78 Å². The normalized spacial score (nSPS) is 12.7. The van der Waals surface area contributed by atoms with Crippen LogP contribution in [0.5, 0.6) is 0 Å². The van der Waals surface area contributed by atoms with Crippen molar-refractivity contribution >= 4 is 15.9 Å². The Morgan fingerprint density at radius 2 is 2.33 bits per heavy atom. The molecule has 0 aliphatic heterocycles. The van der Waals surface area contributed by atoms with Gasteiger partial charge in [0.25, 0.3) is 0 Å². The van der Waals surface area contributed by atoms with Crippen LogP contribution in [0.4, 0.5) is 4.39 Å². The van der Waals surface area contributed by atoms with Crippen molar-refractivity contribution in [3.05, 3.63) is 52.0 Å². The lowest BCUT2D eigenvalue weighted by molar-refractivity contribution is 0.508. The molecule has 4 nitrogen and oxygen atoms in total. The molecule has 1 unspecified atom stereocenters. The van der Waals surface area contributed by atoms with Gasteiger partial charge in [0, 0.05) is 23.3 Å². The fourth-order valence-corrected chi connectivity index (χ4v) is 2.52. The lowest BCUT2D eigenvalue weighted by Gasteiger charge is -2.17. The second kappa shape index (κ2) is 5.60. The average molecular weight is 313 g/mol. The fraction of sp³-hybridized carbons (Fsp3) is 0.250. The second-order valence-electron chi connectivity index (χ2n) is 4.08. The number of benzene rings is 1. The maximum atomic E-state index is 13.8. The first-order valence-corrected chi connectivity index (χ1v) is 6.28. The van der Waals surface area contributed by atoms with Gasteiger partial charge in [0.2, 0.25) is 0 Å². The van der Waals surface area contributed by atoms with Crippen molar-refractivity contribution in [3.63, 3.8) is 0 Å². The van der Waals surface area contributed by atoms with E-state index in [1.54, 1.807) is 23.0 Å². The number of aromatic nitrogens is 2. The largest absolute Gasteiger partial charge is 0.276 e. The van der Waals surface area contributed by atoms with E-state index in [-0.39, 0.29) is 11.9 Å². The number of hydrogen-bond donors (Lipinski definition) is 2. The Kier molecular flexibility index (Phi) is 4.11. The van der Waals surface area contributed by atoms with E-state index in [1.165, 1.54) is 6.07 Å². The van der Waals surface area contributed by atoms with E-state index in [1.807, 2.05) is 13.2 Å². The minimum Gasteiger partial charge on any atom is -0.276 e. The van der Waals surface area contributed by atoms with E-state index < -0.39 is 0 Å². The van der Waals surface area contributed by atoms with Crippen LogP contribution in [0.2, 0.25) is 0 Å². The van der Waals surface area contributed by atoms with Gasteiger partial charge in [0.05, 0.1) is 12.2 Å². The third-order valence-electron chi connectivity index (χ3n) is 2.75. The summed E-state index contributed by atoms with van der Waals surface area (Å²) in [5.74, 6) is 5.25. The van der Waals surface area contributed by atoms with Crippen molar-refractivity contribution < 1.29 is 4.39 Å². The minimum atomic E-state index is -0.301.